The molecule has 1 aliphatic heterocycles. The third-order valence-electron chi connectivity index (χ3n) is 6.44. The standard InChI is InChI=1S/C27H31N3O5S2/c1-29(24-11-5-4-6-12-24)36(32,33)25-16-14-23(15-17-25)28-21-27(31)22-10-9-13-26(20-22)37(34,35)30-18-7-2-3-8-19-30/h4-6,9-17,20,28H,2-3,7-8,18-19,21H2,1H3. The molecular formula is C27H31N3O5S2. The number of carbonyl (C=O) groups excluding carboxylic acids is 1. The second kappa shape index (κ2) is 11.5. The summed E-state index contributed by atoms with van der Waals surface area (Å²) < 4.78 is 54.8. The second-order valence-electron chi connectivity index (χ2n) is 8.96. The lowest BCUT2D eigenvalue weighted by atomic mass is 10.1. The van der Waals surface area contributed by atoms with E-state index < -0.39 is 20.0 Å². The number of hydrogen-bond acceptors (Lipinski definition) is 6. The Morgan fingerprint density at radius 3 is 2.11 bits per heavy atom. The van der Waals surface area contributed by atoms with Crippen molar-refractivity contribution < 1.29 is 21.6 Å². The highest BCUT2D eigenvalue weighted by Gasteiger charge is 2.26. The molecule has 1 fully saturated rings. The van der Waals surface area contributed by atoms with Crippen molar-refractivity contribution in [2.24, 2.45) is 0 Å². The zero-order valence-electron chi connectivity index (χ0n) is 20.7. The molecule has 1 saturated heterocycles. The van der Waals surface area contributed by atoms with E-state index in [9.17, 15) is 21.6 Å². The van der Waals surface area contributed by atoms with Gasteiger partial charge in [0.15, 0.2) is 5.78 Å². The molecule has 4 rings (SSSR count). The fourth-order valence-corrected chi connectivity index (χ4v) is 6.98. The van der Waals surface area contributed by atoms with Gasteiger partial charge in [0.05, 0.1) is 22.0 Å². The predicted molar refractivity (Wildman–Crippen MR) is 145 cm³/mol. The Morgan fingerprint density at radius 2 is 1.46 bits per heavy atom. The lowest BCUT2D eigenvalue weighted by molar-refractivity contribution is 0.101. The van der Waals surface area contributed by atoms with E-state index in [4.69, 9.17) is 0 Å². The monoisotopic (exact) mass is 541 g/mol. The lowest BCUT2D eigenvalue weighted by Crippen LogP contribution is -2.32. The molecular weight excluding hydrogens is 510 g/mol. The second-order valence-corrected chi connectivity index (χ2v) is 12.9. The first-order chi connectivity index (χ1) is 17.7. The molecule has 0 bridgehead atoms. The van der Waals surface area contributed by atoms with Crippen LogP contribution in [-0.4, -0.2) is 53.6 Å². The molecule has 0 aromatic heterocycles. The topological polar surface area (TPSA) is 104 Å². The third kappa shape index (κ3) is 6.20. The van der Waals surface area contributed by atoms with Gasteiger partial charge in [0.25, 0.3) is 10.0 Å². The molecule has 3 aromatic rings. The van der Waals surface area contributed by atoms with Gasteiger partial charge >= 0.3 is 0 Å². The van der Waals surface area contributed by atoms with E-state index in [-0.39, 0.29) is 22.1 Å². The highest BCUT2D eigenvalue weighted by molar-refractivity contribution is 7.92. The summed E-state index contributed by atoms with van der Waals surface area (Å²) in [5, 5.41) is 2.99. The maximum absolute atomic E-state index is 13.1. The Bertz CT molecular complexity index is 1430. The van der Waals surface area contributed by atoms with Crippen LogP contribution in [0.2, 0.25) is 0 Å². The molecule has 1 N–H and O–H groups in total. The summed E-state index contributed by atoms with van der Waals surface area (Å²) >= 11 is 0. The molecule has 37 heavy (non-hydrogen) atoms. The molecule has 1 heterocycles. The van der Waals surface area contributed by atoms with Crippen molar-refractivity contribution in [1.29, 1.82) is 0 Å². The summed E-state index contributed by atoms with van der Waals surface area (Å²) in [6.07, 6.45) is 3.72. The number of anilines is 2. The van der Waals surface area contributed by atoms with Gasteiger partial charge in [-0.25, -0.2) is 16.8 Å². The van der Waals surface area contributed by atoms with Gasteiger partial charge in [-0.1, -0.05) is 43.2 Å². The van der Waals surface area contributed by atoms with Crippen molar-refractivity contribution in [1.82, 2.24) is 4.31 Å². The van der Waals surface area contributed by atoms with Crippen LogP contribution < -0.4 is 9.62 Å². The quantitative estimate of drug-likeness (QED) is 0.404. The summed E-state index contributed by atoms with van der Waals surface area (Å²) in [6.45, 7) is 0.924. The molecule has 1 aliphatic rings. The Hall–Kier alpha value is -3.21. The molecule has 0 saturated carbocycles. The Labute approximate surface area is 219 Å². The molecule has 196 valence electrons. The molecule has 0 unspecified atom stereocenters. The van der Waals surface area contributed by atoms with Crippen LogP contribution in [-0.2, 0) is 20.0 Å². The van der Waals surface area contributed by atoms with E-state index in [1.807, 2.05) is 6.07 Å². The van der Waals surface area contributed by atoms with Crippen LogP contribution in [0, 0.1) is 0 Å². The molecule has 8 nitrogen and oxygen atoms in total. The summed E-state index contributed by atoms with van der Waals surface area (Å²) in [4.78, 5) is 13.1. The fourth-order valence-electron chi connectivity index (χ4n) is 4.23. The number of Topliss-reactive ketones (excluding diaryl/α,β-unsaturated/α-hetero) is 1. The maximum atomic E-state index is 13.1. The number of rotatable bonds is 9. The molecule has 0 radical (unpaired) electrons. The Balaban J connectivity index is 1.41. The molecule has 10 heteroatoms. The van der Waals surface area contributed by atoms with Gasteiger partial charge in [0.2, 0.25) is 10.0 Å². The number of carbonyl (C=O) groups is 1. The molecule has 0 aliphatic carbocycles. The van der Waals surface area contributed by atoms with E-state index in [0.717, 1.165) is 25.7 Å². The first-order valence-electron chi connectivity index (χ1n) is 12.2. The number of ketones is 1. The summed E-state index contributed by atoms with van der Waals surface area (Å²) in [5.41, 5.74) is 1.42. The van der Waals surface area contributed by atoms with Gasteiger partial charge in [-0.15, -0.1) is 0 Å². The van der Waals surface area contributed by atoms with Crippen LogP contribution in [0.1, 0.15) is 36.0 Å². The van der Waals surface area contributed by atoms with Gasteiger partial charge in [0, 0.05) is 31.4 Å². The normalized spacial score (nSPS) is 15.1. The minimum atomic E-state index is -3.74. The summed E-state index contributed by atoms with van der Waals surface area (Å²) in [7, 11) is -5.89. The number of nitrogens with zero attached hydrogens (tertiary/aromatic N) is 2. The van der Waals surface area contributed by atoms with Crippen molar-refractivity contribution in [2.75, 3.05) is 36.3 Å². The van der Waals surface area contributed by atoms with Gasteiger partial charge in [-0.05, 0) is 61.4 Å². The van der Waals surface area contributed by atoms with Crippen molar-refractivity contribution in [3.63, 3.8) is 0 Å². The Kier molecular flexibility index (Phi) is 8.31. The highest BCUT2D eigenvalue weighted by Crippen LogP contribution is 2.24. The summed E-state index contributed by atoms with van der Waals surface area (Å²) in [6, 6.07) is 21.1. The largest absolute Gasteiger partial charge is 0.378 e. The number of nitrogens with one attached hydrogen (secondary N) is 1. The van der Waals surface area contributed by atoms with Crippen molar-refractivity contribution in [3.8, 4) is 0 Å². The SMILES string of the molecule is CN(c1ccccc1)S(=O)(=O)c1ccc(NCC(=O)c2cccc(S(=O)(=O)N3CCCCCC3)c2)cc1. The van der Waals surface area contributed by atoms with Crippen LogP contribution in [0.3, 0.4) is 0 Å². The van der Waals surface area contributed by atoms with E-state index >= 15 is 0 Å². The third-order valence-corrected chi connectivity index (χ3v) is 10.1. The van der Waals surface area contributed by atoms with Crippen LogP contribution >= 0.6 is 0 Å². The smallest absolute Gasteiger partial charge is 0.264 e. The minimum absolute atomic E-state index is 0.0662. The molecule has 0 atom stereocenters. The van der Waals surface area contributed by atoms with Gasteiger partial charge in [-0.3, -0.25) is 9.10 Å². The van der Waals surface area contributed by atoms with E-state index in [0.29, 0.717) is 30.0 Å². The fraction of sp³-hybridized carbons (Fsp3) is 0.296. The zero-order valence-corrected chi connectivity index (χ0v) is 22.3. The predicted octanol–water partition coefficient (Wildman–Crippen LogP) is 4.37. The first-order valence-corrected chi connectivity index (χ1v) is 15.1. The molecule has 0 spiro atoms. The van der Waals surface area contributed by atoms with Crippen molar-refractivity contribution in [3.05, 3.63) is 84.4 Å². The molecule has 0 amide bonds. The zero-order chi connectivity index (χ0) is 26.5. The van der Waals surface area contributed by atoms with Crippen LogP contribution in [0.4, 0.5) is 11.4 Å². The Morgan fingerprint density at radius 1 is 0.811 bits per heavy atom. The van der Waals surface area contributed by atoms with Crippen molar-refractivity contribution in [2.45, 2.75) is 35.5 Å². The van der Waals surface area contributed by atoms with Gasteiger partial charge < -0.3 is 5.32 Å². The first kappa shape index (κ1) is 26.8. The van der Waals surface area contributed by atoms with Gasteiger partial charge in [0.1, 0.15) is 0 Å². The number of hydrogen-bond donors (Lipinski definition) is 1. The molecule has 3 aromatic carbocycles. The van der Waals surface area contributed by atoms with Crippen LogP contribution in [0.5, 0.6) is 0 Å². The van der Waals surface area contributed by atoms with Crippen LogP contribution in [0.25, 0.3) is 0 Å². The highest BCUT2D eigenvalue weighted by atomic mass is 32.2. The lowest BCUT2D eigenvalue weighted by Gasteiger charge is -2.20. The number of para-hydroxylation sites is 1. The van der Waals surface area contributed by atoms with E-state index in [1.54, 1.807) is 48.5 Å². The van der Waals surface area contributed by atoms with E-state index in [2.05, 4.69) is 5.32 Å². The van der Waals surface area contributed by atoms with Crippen LogP contribution in [0.15, 0.2) is 88.7 Å². The minimum Gasteiger partial charge on any atom is -0.378 e. The van der Waals surface area contributed by atoms with Crippen molar-refractivity contribution >= 4 is 37.2 Å². The average Bonchev–Trinajstić information content (AvgIpc) is 3.22. The summed E-state index contributed by atoms with van der Waals surface area (Å²) in [5.74, 6) is -0.270. The average molecular weight is 542 g/mol. The maximum Gasteiger partial charge on any atom is 0.264 e. The van der Waals surface area contributed by atoms with E-state index in [1.165, 1.54) is 39.9 Å². The van der Waals surface area contributed by atoms with Gasteiger partial charge in [-0.2, -0.15) is 4.31 Å². The number of benzene rings is 3. The number of sulfonamides is 2.